The number of hydrogen-bond acceptors (Lipinski definition) is 11. The molecule has 1 fully saturated rings. The molecule has 1 aromatic carbocycles. The molecule has 1 aliphatic rings. The first-order valence-electron chi connectivity index (χ1n) is 9.34. The molecule has 0 aromatic heterocycles. The van der Waals surface area contributed by atoms with Gasteiger partial charge in [0, 0.05) is 6.08 Å². The molecular formula is C20H26O11. The molecule has 0 bridgehead atoms. The van der Waals surface area contributed by atoms with Gasteiger partial charge in [-0.2, -0.15) is 0 Å². The Labute approximate surface area is 177 Å². The lowest BCUT2D eigenvalue weighted by Gasteiger charge is -2.39. The third-order valence-electron chi connectivity index (χ3n) is 4.47. The molecule has 0 spiro atoms. The molecule has 1 heterocycles. The van der Waals surface area contributed by atoms with Crippen LogP contribution < -0.4 is 0 Å². The lowest BCUT2D eigenvalue weighted by molar-refractivity contribution is -0.299. The van der Waals surface area contributed by atoms with Crippen molar-refractivity contribution in [2.45, 2.75) is 30.7 Å². The van der Waals surface area contributed by atoms with Crippen molar-refractivity contribution in [2.24, 2.45) is 0 Å². The summed E-state index contributed by atoms with van der Waals surface area (Å²) in [4.78, 5) is 11.9. The van der Waals surface area contributed by atoms with Gasteiger partial charge in [0.05, 0.1) is 19.8 Å². The van der Waals surface area contributed by atoms with Gasteiger partial charge in [-0.25, -0.2) is 4.79 Å². The molecule has 0 aliphatic carbocycles. The molecule has 5 atom stereocenters. The third-order valence-corrected chi connectivity index (χ3v) is 4.47. The Morgan fingerprint density at radius 2 is 1.77 bits per heavy atom. The predicted molar refractivity (Wildman–Crippen MR) is 105 cm³/mol. The Kier molecular flexibility index (Phi) is 9.40. The second kappa shape index (κ2) is 11.8. The minimum absolute atomic E-state index is 0.244. The molecule has 7 N–H and O–H groups in total. The number of aliphatic hydroxyl groups is 5. The number of esters is 1. The summed E-state index contributed by atoms with van der Waals surface area (Å²) in [5.74, 6) is -1.36. The first-order chi connectivity index (χ1) is 14.8. The number of rotatable bonds is 9. The van der Waals surface area contributed by atoms with Gasteiger partial charge in [-0.1, -0.05) is 12.1 Å². The van der Waals surface area contributed by atoms with Crippen molar-refractivity contribution in [1.29, 1.82) is 0 Å². The fraction of sp³-hybridized carbons (Fsp3) is 0.450. The van der Waals surface area contributed by atoms with Crippen LogP contribution in [0.25, 0.3) is 6.08 Å². The second-order valence-electron chi connectivity index (χ2n) is 6.74. The Balaban J connectivity index is 1.88. The van der Waals surface area contributed by atoms with E-state index in [-0.39, 0.29) is 31.3 Å². The van der Waals surface area contributed by atoms with E-state index in [4.69, 9.17) is 19.3 Å². The van der Waals surface area contributed by atoms with Gasteiger partial charge >= 0.3 is 5.97 Å². The van der Waals surface area contributed by atoms with E-state index in [0.717, 1.165) is 6.08 Å². The molecule has 0 unspecified atom stereocenters. The number of aromatic hydroxyl groups is 2. The van der Waals surface area contributed by atoms with Crippen LogP contribution in [0.3, 0.4) is 0 Å². The lowest BCUT2D eigenvalue weighted by Crippen LogP contribution is -2.59. The van der Waals surface area contributed by atoms with Crippen molar-refractivity contribution in [2.75, 3.05) is 26.4 Å². The largest absolute Gasteiger partial charge is 0.504 e. The smallest absolute Gasteiger partial charge is 0.331 e. The van der Waals surface area contributed by atoms with E-state index in [9.17, 15) is 35.4 Å². The highest BCUT2D eigenvalue weighted by atomic mass is 16.7. The number of carbonyl (C=O) groups excluding carboxylic acids is 1. The molecule has 1 aromatic rings. The summed E-state index contributed by atoms with van der Waals surface area (Å²) in [6.07, 6.45) is -3.41. The van der Waals surface area contributed by atoms with E-state index in [2.05, 4.69) is 0 Å². The Morgan fingerprint density at radius 1 is 1.03 bits per heavy atom. The van der Waals surface area contributed by atoms with Crippen molar-refractivity contribution in [1.82, 2.24) is 0 Å². The lowest BCUT2D eigenvalue weighted by atomic mass is 9.99. The third kappa shape index (κ3) is 7.01. The summed E-state index contributed by atoms with van der Waals surface area (Å²) in [6, 6.07) is 3.99. The summed E-state index contributed by atoms with van der Waals surface area (Å²) in [6.45, 7) is -1.49. The highest BCUT2D eigenvalue weighted by Gasteiger charge is 2.44. The van der Waals surface area contributed by atoms with Gasteiger partial charge < -0.3 is 50.0 Å². The number of hydrogen-bond donors (Lipinski definition) is 7. The summed E-state index contributed by atoms with van der Waals surface area (Å²) >= 11 is 0. The SMILES string of the molecule is O=C(C=Cc1ccc(O)c(O)c1)OCC(=CCO)CO[C@@H]1O[C@H](CO)[C@@H](O)[C@H](O)[C@H]1O. The molecular weight excluding hydrogens is 416 g/mol. The molecule has 172 valence electrons. The molecule has 1 aliphatic heterocycles. The highest BCUT2D eigenvalue weighted by molar-refractivity contribution is 5.87. The molecule has 11 nitrogen and oxygen atoms in total. The second-order valence-corrected chi connectivity index (χ2v) is 6.74. The Hall–Kier alpha value is -2.51. The molecule has 0 saturated carbocycles. The van der Waals surface area contributed by atoms with Crippen LogP contribution in [0.5, 0.6) is 11.5 Å². The fourth-order valence-corrected chi connectivity index (χ4v) is 2.70. The van der Waals surface area contributed by atoms with Crippen LogP contribution in [0.15, 0.2) is 35.9 Å². The maximum absolute atomic E-state index is 11.9. The van der Waals surface area contributed by atoms with Crippen LogP contribution >= 0.6 is 0 Å². The maximum atomic E-state index is 11.9. The van der Waals surface area contributed by atoms with E-state index in [0.29, 0.717) is 11.1 Å². The van der Waals surface area contributed by atoms with Crippen LogP contribution in [0.4, 0.5) is 0 Å². The van der Waals surface area contributed by atoms with Crippen molar-refractivity contribution in [3.63, 3.8) is 0 Å². The monoisotopic (exact) mass is 442 g/mol. The van der Waals surface area contributed by atoms with Crippen LogP contribution in [0.2, 0.25) is 0 Å². The van der Waals surface area contributed by atoms with E-state index in [1.807, 2.05) is 0 Å². The van der Waals surface area contributed by atoms with Crippen molar-refractivity contribution in [3.8, 4) is 11.5 Å². The Morgan fingerprint density at radius 3 is 2.42 bits per heavy atom. The van der Waals surface area contributed by atoms with E-state index >= 15 is 0 Å². The van der Waals surface area contributed by atoms with Crippen molar-refractivity contribution < 1.29 is 54.8 Å². The minimum atomic E-state index is -1.59. The standard InChI is InChI=1S/C20H26O11/c21-6-5-12(10-30-20-19(28)18(27)17(26)15(8-22)31-20)9-29-16(25)4-2-11-1-3-13(23)14(24)7-11/h1-5,7,15,17-24,26-28H,6,8-10H2/t15-,17-,18+,19-,20-/m1/s1. The van der Waals surface area contributed by atoms with Crippen LogP contribution in [0, 0.1) is 0 Å². The fourth-order valence-electron chi connectivity index (χ4n) is 2.70. The van der Waals surface area contributed by atoms with Gasteiger partial charge in [-0.15, -0.1) is 0 Å². The average Bonchev–Trinajstić information content (AvgIpc) is 2.76. The zero-order chi connectivity index (χ0) is 23.0. The number of phenols is 2. The van der Waals surface area contributed by atoms with E-state index in [1.165, 1.54) is 30.4 Å². The van der Waals surface area contributed by atoms with Gasteiger partial charge in [0.25, 0.3) is 0 Å². The number of aliphatic hydroxyl groups excluding tert-OH is 5. The summed E-state index contributed by atoms with van der Waals surface area (Å²) in [7, 11) is 0. The molecule has 0 radical (unpaired) electrons. The van der Waals surface area contributed by atoms with Gasteiger partial charge in [0.1, 0.15) is 31.0 Å². The van der Waals surface area contributed by atoms with Crippen molar-refractivity contribution in [3.05, 3.63) is 41.5 Å². The van der Waals surface area contributed by atoms with Crippen LogP contribution in [-0.2, 0) is 19.0 Å². The van der Waals surface area contributed by atoms with Crippen LogP contribution in [0.1, 0.15) is 5.56 Å². The first-order valence-corrected chi connectivity index (χ1v) is 9.34. The molecule has 0 amide bonds. The number of phenolic OH excluding ortho intramolecular Hbond substituents is 2. The number of carbonyl (C=O) groups is 1. The molecule has 11 heteroatoms. The predicted octanol–water partition coefficient (Wildman–Crippen LogP) is -1.61. The number of ether oxygens (including phenoxy) is 3. The summed E-state index contributed by atoms with van der Waals surface area (Å²) in [5.41, 5.74) is 0.771. The van der Waals surface area contributed by atoms with Gasteiger partial charge in [0.2, 0.25) is 0 Å². The zero-order valence-corrected chi connectivity index (χ0v) is 16.4. The highest BCUT2D eigenvalue weighted by Crippen LogP contribution is 2.25. The minimum Gasteiger partial charge on any atom is -0.504 e. The first kappa shape index (κ1) is 24.8. The van der Waals surface area contributed by atoms with Gasteiger partial charge in [0.15, 0.2) is 17.8 Å². The van der Waals surface area contributed by atoms with Gasteiger partial charge in [-0.3, -0.25) is 0 Å². The number of benzene rings is 1. The topological polar surface area (TPSA) is 186 Å². The normalized spacial score (nSPS) is 26.9. The van der Waals surface area contributed by atoms with Crippen LogP contribution in [-0.4, -0.2) is 98.8 Å². The zero-order valence-electron chi connectivity index (χ0n) is 16.4. The maximum Gasteiger partial charge on any atom is 0.331 e. The molecule has 31 heavy (non-hydrogen) atoms. The van der Waals surface area contributed by atoms with Crippen molar-refractivity contribution >= 4 is 12.0 Å². The average molecular weight is 442 g/mol. The van der Waals surface area contributed by atoms with E-state index < -0.39 is 43.3 Å². The van der Waals surface area contributed by atoms with E-state index in [1.54, 1.807) is 0 Å². The summed E-state index contributed by atoms with van der Waals surface area (Å²) in [5, 5.41) is 66.5. The Bertz CT molecular complexity index is 789. The molecule has 1 saturated heterocycles. The molecule has 2 rings (SSSR count). The van der Waals surface area contributed by atoms with Gasteiger partial charge in [-0.05, 0) is 29.3 Å². The quantitative estimate of drug-likeness (QED) is 0.101. The summed E-state index contributed by atoms with van der Waals surface area (Å²) < 4.78 is 15.6.